The highest BCUT2D eigenvalue weighted by Gasteiger charge is 2.31. The monoisotopic (exact) mass is 325 g/mol. The Morgan fingerprint density at radius 3 is 2.52 bits per heavy atom. The molecule has 0 saturated heterocycles. The third kappa shape index (κ3) is 2.48. The Morgan fingerprint density at radius 1 is 1.08 bits per heavy atom. The molecule has 120 valence electrons. The van der Waals surface area contributed by atoms with Crippen LogP contribution in [0, 0.1) is 12.5 Å². The topological polar surface area (TPSA) is 62.1 Å². The number of carbonyl (C=O) groups excluding carboxylic acids is 1. The molecule has 0 fully saturated rings. The van der Waals surface area contributed by atoms with E-state index in [1.807, 2.05) is 66.9 Å². The van der Waals surface area contributed by atoms with Crippen molar-refractivity contribution in [2.45, 2.75) is 0 Å². The summed E-state index contributed by atoms with van der Waals surface area (Å²) in [6.07, 6.45) is 9.19. The number of benzene rings is 2. The maximum Gasteiger partial charge on any atom is 0.270 e. The summed E-state index contributed by atoms with van der Waals surface area (Å²) in [6, 6.07) is 19.7. The van der Waals surface area contributed by atoms with E-state index in [1.165, 1.54) is 4.90 Å². The Morgan fingerprint density at radius 2 is 1.84 bits per heavy atom. The number of rotatable bonds is 2. The van der Waals surface area contributed by atoms with Crippen LogP contribution in [0.5, 0.6) is 0 Å². The summed E-state index contributed by atoms with van der Waals surface area (Å²) in [4.78, 5) is 17.1. The second-order valence-corrected chi connectivity index (χ2v) is 5.81. The summed E-state index contributed by atoms with van der Waals surface area (Å²) >= 11 is 0. The fourth-order valence-corrected chi connectivity index (χ4v) is 3.00. The van der Waals surface area contributed by atoms with Crippen molar-refractivity contribution in [3.8, 4) is 23.6 Å². The van der Waals surface area contributed by atoms with Crippen molar-refractivity contribution in [2.75, 3.05) is 10.6 Å². The Balaban J connectivity index is 1.87. The summed E-state index contributed by atoms with van der Waals surface area (Å²) in [6.45, 7) is 0. The van der Waals surface area contributed by atoms with E-state index in [2.05, 4.69) is 11.0 Å². The van der Waals surface area contributed by atoms with Gasteiger partial charge in [-0.25, -0.2) is 4.90 Å². The van der Waals surface area contributed by atoms with Crippen molar-refractivity contribution in [1.82, 2.24) is 4.98 Å². The molecule has 4 nitrogen and oxygen atoms in total. The number of carbonyl (C=O) groups is 1. The van der Waals surface area contributed by atoms with Gasteiger partial charge in [0.25, 0.3) is 5.91 Å². The minimum absolute atomic E-state index is 0.193. The Labute approximate surface area is 145 Å². The van der Waals surface area contributed by atoms with Gasteiger partial charge in [-0.3, -0.25) is 4.79 Å². The Bertz CT molecular complexity index is 1020. The van der Waals surface area contributed by atoms with Gasteiger partial charge in [-0.2, -0.15) is 0 Å². The number of H-pyrrole nitrogens is 1. The summed E-state index contributed by atoms with van der Waals surface area (Å²) in [5, 5.41) is 0. The SMILES string of the molecule is C#CN1C(=O)C(=Cc2ccc[nH]2)c2cc(-c3ccc(N)cc3)ccc21. The van der Waals surface area contributed by atoms with E-state index in [1.54, 1.807) is 0 Å². The van der Waals surface area contributed by atoms with Gasteiger partial charge >= 0.3 is 0 Å². The molecule has 0 radical (unpaired) electrons. The third-order valence-electron chi connectivity index (χ3n) is 4.26. The zero-order chi connectivity index (χ0) is 17.4. The largest absolute Gasteiger partial charge is 0.399 e. The molecule has 1 amide bonds. The first kappa shape index (κ1) is 14.9. The first-order valence-corrected chi connectivity index (χ1v) is 7.83. The highest BCUT2D eigenvalue weighted by atomic mass is 16.2. The summed E-state index contributed by atoms with van der Waals surface area (Å²) < 4.78 is 0. The van der Waals surface area contributed by atoms with Gasteiger partial charge in [-0.1, -0.05) is 24.6 Å². The molecule has 0 bridgehead atoms. The first-order chi connectivity index (χ1) is 12.2. The van der Waals surface area contributed by atoms with Crippen molar-refractivity contribution in [2.24, 2.45) is 0 Å². The molecule has 1 aliphatic heterocycles. The number of nitrogens with one attached hydrogen (secondary N) is 1. The molecular formula is C21H15N3O. The van der Waals surface area contributed by atoms with Gasteiger partial charge in [0.15, 0.2) is 0 Å². The normalized spacial score (nSPS) is 14.6. The molecule has 1 aromatic heterocycles. The van der Waals surface area contributed by atoms with Crippen molar-refractivity contribution in [1.29, 1.82) is 0 Å². The molecule has 0 atom stereocenters. The van der Waals surface area contributed by atoms with E-state index in [-0.39, 0.29) is 5.91 Å². The quantitative estimate of drug-likeness (QED) is 0.428. The smallest absolute Gasteiger partial charge is 0.270 e. The number of nitrogens with zero attached hydrogens (tertiary/aromatic N) is 1. The van der Waals surface area contributed by atoms with Crippen LogP contribution in [-0.2, 0) is 4.79 Å². The van der Waals surface area contributed by atoms with Crippen LogP contribution < -0.4 is 10.6 Å². The van der Waals surface area contributed by atoms with E-state index >= 15 is 0 Å². The molecule has 4 rings (SSSR count). The minimum Gasteiger partial charge on any atom is -0.399 e. The maximum atomic E-state index is 12.7. The molecule has 3 N–H and O–H groups in total. The van der Waals surface area contributed by atoms with Crippen LogP contribution >= 0.6 is 0 Å². The van der Waals surface area contributed by atoms with Crippen LogP contribution in [0.4, 0.5) is 11.4 Å². The zero-order valence-electron chi connectivity index (χ0n) is 13.4. The molecular weight excluding hydrogens is 310 g/mol. The van der Waals surface area contributed by atoms with E-state index in [0.29, 0.717) is 11.3 Å². The van der Waals surface area contributed by atoms with Gasteiger partial charge in [0.1, 0.15) is 0 Å². The molecule has 1 aliphatic rings. The molecule has 2 heterocycles. The van der Waals surface area contributed by atoms with Gasteiger partial charge in [0, 0.05) is 29.2 Å². The van der Waals surface area contributed by atoms with Crippen LogP contribution in [0.3, 0.4) is 0 Å². The number of fused-ring (bicyclic) bond motifs is 1. The Kier molecular flexibility index (Phi) is 3.41. The second-order valence-electron chi connectivity index (χ2n) is 5.81. The average Bonchev–Trinajstić information content (AvgIpc) is 3.22. The molecule has 0 spiro atoms. The van der Waals surface area contributed by atoms with Gasteiger partial charge in [-0.15, -0.1) is 0 Å². The van der Waals surface area contributed by atoms with Crippen molar-refractivity contribution >= 4 is 28.9 Å². The molecule has 25 heavy (non-hydrogen) atoms. The van der Waals surface area contributed by atoms with Gasteiger partial charge < -0.3 is 10.7 Å². The van der Waals surface area contributed by atoms with E-state index in [0.717, 1.165) is 28.1 Å². The van der Waals surface area contributed by atoms with Crippen molar-refractivity contribution < 1.29 is 4.79 Å². The van der Waals surface area contributed by atoms with E-state index in [4.69, 9.17) is 12.2 Å². The fraction of sp³-hybridized carbons (Fsp3) is 0. The van der Waals surface area contributed by atoms with E-state index < -0.39 is 0 Å². The minimum atomic E-state index is -0.193. The van der Waals surface area contributed by atoms with Crippen molar-refractivity contribution in [3.63, 3.8) is 0 Å². The highest BCUT2D eigenvalue weighted by molar-refractivity contribution is 6.37. The van der Waals surface area contributed by atoms with Crippen LogP contribution in [0.25, 0.3) is 22.8 Å². The second kappa shape index (κ2) is 5.73. The molecule has 2 aromatic carbocycles. The molecule has 0 saturated carbocycles. The molecule has 0 aliphatic carbocycles. The first-order valence-electron chi connectivity index (χ1n) is 7.83. The van der Waals surface area contributed by atoms with Gasteiger partial charge in [0.2, 0.25) is 0 Å². The average molecular weight is 325 g/mol. The number of aromatic nitrogens is 1. The van der Waals surface area contributed by atoms with Gasteiger partial charge in [0.05, 0.1) is 11.3 Å². The summed E-state index contributed by atoms with van der Waals surface area (Å²) in [5.74, 6) is -0.193. The number of aromatic amines is 1. The van der Waals surface area contributed by atoms with Crippen LogP contribution in [0.1, 0.15) is 11.3 Å². The number of terminal acetylenes is 1. The number of anilines is 2. The third-order valence-corrected chi connectivity index (χ3v) is 4.26. The van der Waals surface area contributed by atoms with Crippen LogP contribution in [0.2, 0.25) is 0 Å². The summed E-state index contributed by atoms with van der Waals surface area (Å²) in [7, 11) is 0. The lowest BCUT2D eigenvalue weighted by Crippen LogP contribution is -2.19. The lowest BCUT2D eigenvalue weighted by atomic mass is 9.99. The lowest BCUT2D eigenvalue weighted by Gasteiger charge is -2.09. The van der Waals surface area contributed by atoms with Crippen molar-refractivity contribution in [3.05, 3.63) is 72.1 Å². The summed E-state index contributed by atoms with van der Waals surface area (Å²) in [5.41, 5.74) is 11.5. The lowest BCUT2D eigenvalue weighted by molar-refractivity contribution is -0.112. The number of nitrogen functional groups attached to an aromatic ring is 1. The van der Waals surface area contributed by atoms with Crippen LogP contribution in [0.15, 0.2) is 60.8 Å². The Hall–Kier alpha value is -3.71. The fourth-order valence-electron chi connectivity index (χ4n) is 3.00. The molecule has 4 heteroatoms. The van der Waals surface area contributed by atoms with Crippen LogP contribution in [-0.4, -0.2) is 10.9 Å². The maximum absolute atomic E-state index is 12.7. The number of hydrogen-bond acceptors (Lipinski definition) is 2. The number of nitrogens with two attached hydrogens (primary N) is 1. The standard InChI is InChI=1S/C21H15N3O/c1-2-24-20-10-7-15(14-5-8-16(22)9-6-14)12-18(20)19(21(24)25)13-17-4-3-11-23-17/h1,3-13,23H,22H2. The number of amides is 1. The predicted molar refractivity (Wildman–Crippen MR) is 101 cm³/mol. The van der Waals surface area contributed by atoms with Gasteiger partial charge in [-0.05, 0) is 53.6 Å². The van der Waals surface area contributed by atoms with E-state index in [9.17, 15) is 4.79 Å². The predicted octanol–water partition coefficient (Wildman–Crippen LogP) is 3.74. The molecule has 0 unspecified atom stereocenters. The number of hydrogen-bond donors (Lipinski definition) is 2. The zero-order valence-corrected chi connectivity index (χ0v) is 13.4. The highest BCUT2D eigenvalue weighted by Crippen LogP contribution is 2.39. The molecule has 3 aromatic rings.